The summed E-state index contributed by atoms with van der Waals surface area (Å²) in [5.41, 5.74) is 6.05. The molecular formula is C55H45N5O. The molecule has 10 aromatic rings. The number of fused-ring (bicyclic) bond motifs is 5. The van der Waals surface area contributed by atoms with Gasteiger partial charge in [0.2, 0.25) is 0 Å². The lowest BCUT2D eigenvalue weighted by Gasteiger charge is -2.32. The first-order chi connectivity index (χ1) is 33.8. The molecule has 3 aromatic heterocycles. The highest BCUT2D eigenvalue weighted by atomic mass is 16.5. The molecule has 1 aliphatic heterocycles. The predicted molar refractivity (Wildman–Crippen MR) is 249 cm³/mol. The van der Waals surface area contributed by atoms with E-state index in [1.54, 1.807) is 22.8 Å². The Morgan fingerprint density at radius 2 is 1.31 bits per heavy atom. The molecule has 0 amide bonds. The molecule has 0 atom stereocenters. The lowest BCUT2D eigenvalue weighted by atomic mass is 9.88. The second-order valence-corrected chi connectivity index (χ2v) is 16.7. The van der Waals surface area contributed by atoms with E-state index in [1.165, 1.54) is 0 Å². The molecule has 4 heterocycles. The van der Waals surface area contributed by atoms with Gasteiger partial charge < -0.3 is 9.64 Å². The number of aromatic nitrogens is 4. The molecule has 11 rings (SSSR count). The van der Waals surface area contributed by atoms with Gasteiger partial charge in [0.1, 0.15) is 11.6 Å². The minimum Gasteiger partial charge on any atom is -0.466 e. The largest absolute Gasteiger partial charge is 0.466 e. The van der Waals surface area contributed by atoms with Crippen molar-refractivity contribution in [3.05, 3.63) is 194 Å². The van der Waals surface area contributed by atoms with Crippen molar-refractivity contribution in [1.82, 2.24) is 14.1 Å². The summed E-state index contributed by atoms with van der Waals surface area (Å²) >= 11 is 0. The minimum absolute atomic E-state index is 0.0977. The summed E-state index contributed by atoms with van der Waals surface area (Å²) in [6.45, 7) is 10.6. The summed E-state index contributed by atoms with van der Waals surface area (Å²) in [5, 5.41) is 2.10. The standard InChI is InChI=1S/C55H45N5O/c1-54(2,3)39-30-31-56-52(32-39)59-46-27-13-12-24-44(46)45-34-51-50(35-49(45)59)60(55(4,5)61-51)41-23-16-22-40(33-41)57-36-58(48-29-15-14-28-47(48)57)53-42(37-18-8-6-9-19-37)25-17-26-43(53)38-20-10-7-11-21-38/h6-35H,1-5H3/i6D,7D,8D,9D,10D,11D,18D,19D,20D,21D. The van der Waals surface area contributed by atoms with Crippen molar-refractivity contribution in [3.63, 3.8) is 0 Å². The Labute approximate surface area is 370 Å². The van der Waals surface area contributed by atoms with Crippen LogP contribution in [0.15, 0.2) is 182 Å². The topological polar surface area (TPSA) is 39.1 Å². The first kappa shape index (κ1) is 27.3. The zero-order chi connectivity index (χ0) is 50.2. The summed E-state index contributed by atoms with van der Waals surface area (Å²) < 4.78 is 100.0. The molecule has 0 saturated carbocycles. The number of ether oxygens (including phenoxy) is 1. The van der Waals surface area contributed by atoms with Crippen molar-refractivity contribution in [2.24, 2.45) is 0 Å². The molecule has 0 aliphatic carbocycles. The Hall–Kier alpha value is -7.44. The molecule has 0 N–H and O–H groups in total. The molecule has 0 saturated heterocycles. The molecule has 0 fully saturated rings. The third-order valence-electron chi connectivity index (χ3n) is 11.4. The number of hydrogen-bond donors (Lipinski definition) is 0. The van der Waals surface area contributed by atoms with Gasteiger partial charge in [-0.05, 0) is 95.6 Å². The minimum atomic E-state index is -0.852. The number of benzene rings is 7. The summed E-state index contributed by atoms with van der Waals surface area (Å²) in [5.74, 6) is 1.52. The maximum Gasteiger partial charge on any atom is 0.269 e. The SMILES string of the molecule is [2H]c1c([2H])c([2H])c(-c2cccc(-c3c([2H])c([2H])c([2H])c([2H])c3[2H])c2-[n+]2[c-]n(-c3cccc(N4c5cc6c(cc5OC4(C)C)c4ccccc4n6-c4cc(C(C)(C)C)ccn4)c3)c3ccccc32)c([2H])c1[2H]. The van der Waals surface area contributed by atoms with Gasteiger partial charge in [-0.15, -0.1) is 0 Å². The van der Waals surface area contributed by atoms with E-state index in [2.05, 4.69) is 73.0 Å². The summed E-state index contributed by atoms with van der Waals surface area (Å²) in [6.07, 6.45) is 5.37. The van der Waals surface area contributed by atoms with Gasteiger partial charge in [-0.2, -0.15) is 0 Å². The molecule has 6 nitrogen and oxygen atoms in total. The van der Waals surface area contributed by atoms with Gasteiger partial charge >= 0.3 is 0 Å². The highest BCUT2D eigenvalue weighted by Crippen LogP contribution is 2.50. The van der Waals surface area contributed by atoms with E-state index in [0.717, 1.165) is 44.6 Å². The molecule has 296 valence electrons. The number of imidazole rings is 1. The van der Waals surface area contributed by atoms with Gasteiger partial charge in [-0.25, -0.2) is 4.98 Å². The molecule has 6 heteroatoms. The Morgan fingerprint density at radius 3 is 2.03 bits per heavy atom. The summed E-state index contributed by atoms with van der Waals surface area (Å²) in [6, 6.07) is 31.8. The first-order valence-electron chi connectivity index (χ1n) is 25.1. The van der Waals surface area contributed by atoms with Crippen molar-refractivity contribution in [2.45, 2.75) is 45.8 Å². The first-order valence-corrected chi connectivity index (χ1v) is 20.1. The molecule has 1 aliphatic rings. The van der Waals surface area contributed by atoms with E-state index in [-0.39, 0.29) is 33.4 Å². The van der Waals surface area contributed by atoms with Crippen LogP contribution in [0.2, 0.25) is 0 Å². The second-order valence-electron chi connectivity index (χ2n) is 16.7. The number of hydrogen-bond acceptors (Lipinski definition) is 3. The maximum atomic E-state index is 9.06. The van der Waals surface area contributed by atoms with Crippen LogP contribution in [0.1, 0.15) is 53.9 Å². The van der Waals surface area contributed by atoms with E-state index in [9.17, 15) is 0 Å². The van der Waals surface area contributed by atoms with Crippen molar-refractivity contribution in [1.29, 1.82) is 0 Å². The Bertz CT molecular complexity index is 3760. The number of pyridine rings is 1. The third-order valence-corrected chi connectivity index (χ3v) is 11.4. The molecule has 0 radical (unpaired) electrons. The van der Waals surface area contributed by atoms with E-state index in [4.69, 9.17) is 23.4 Å². The zero-order valence-electron chi connectivity index (χ0n) is 44.2. The normalized spacial score (nSPS) is 15.9. The smallest absolute Gasteiger partial charge is 0.269 e. The summed E-state index contributed by atoms with van der Waals surface area (Å²) in [7, 11) is 0. The molecular weight excluding hydrogens is 747 g/mol. The van der Waals surface area contributed by atoms with Gasteiger partial charge in [-0.3, -0.25) is 13.7 Å². The lowest BCUT2D eigenvalue weighted by Crippen LogP contribution is -2.40. The third kappa shape index (κ3) is 6.01. The fourth-order valence-electron chi connectivity index (χ4n) is 8.70. The maximum absolute atomic E-state index is 9.06. The highest BCUT2D eigenvalue weighted by Gasteiger charge is 2.40. The fourth-order valence-corrected chi connectivity index (χ4v) is 8.70. The quantitative estimate of drug-likeness (QED) is 0.124. The number of rotatable bonds is 6. The monoisotopic (exact) mass is 801 g/mol. The van der Waals surface area contributed by atoms with Crippen LogP contribution in [0.4, 0.5) is 11.4 Å². The van der Waals surface area contributed by atoms with E-state index >= 15 is 0 Å². The predicted octanol–water partition coefficient (Wildman–Crippen LogP) is 13.1. The van der Waals surface area contributed by atoms with Crippen LogP contribution in [-0.2, 0) is 5.41 Å². The van der Waals surface area contributed by atoms with Crippen LogP contribution >= 0.6 is 0 Å². The zero-order valence-corrected chi connectivity index (χ0v) is 34.2. The molecule has 0 bridgehead atoms. The Balaban J connectivity index is 1.13. The molecule has 61 heavy (non-hydrogen) atoms. The van der Waals surface area contributed by atoms with Gasteiger partial charge in [0.05, 0.1) is 52.8 Å². The van der Waals surface area contributed by atoms with E-state index in [1.807, 2.05) is 85.3 Å². The van der Waals surface area contributed by atoms with Gasteiger partial charge in [0.15, 0.2) is 5.72 Å². The number of anilines is 2. The van der Waals surface area contributed by atoms with Crippen LogP contribution in [-0.4, -0.2) is 19.8 Å². The Morgan fingerprint density at radius 1 is 0.656 bits per heavy atom. The lowest BCUT2D eigenvalue weighted by molar-refractivity contribution is -0.571. The average molecular weight is 802 g/mol. The van der Waals surface area contributed by atoms with Crippen LogP contribution in [0.25, 0.3) is 72.3 Å². The van der Waals surface area contributed by atoms with Gasteiger partial charge in [0.25, 0.3) is 6.33 Å². The van der Waals surface area contributed by atoms with Crippen molar-refractivity contribution in [3.8, 4) is 45.2 Å². The Kier molecular flexibility index (Phi) is 6.19. The van der Waals surface area contributed by atoms with Crippen LogP contribution < -0.4 is 14.2 Å². The van der Waals surface area contributed by atoms with Gasteiger partial charge in [-0.1, -0.05) is 148 Å². The average Bonchev–Trinajstić information content (AvgIpc) is 3.98. The van der Waals surface area contributed by atoms with Crippen molar-refractivity contribution >= 4 is 44.2 Å². The molecule has 0 unspecified atom stereocenters. The number of para-hydroxylation sites is 4. The summed E-state index contributed by atoms with van der Waals surface area (Å²) in [4.78, 5) is 7.06. The van der Waals surface area contributed by atoms with Crippen LogP contribution in [0, 0.1) is 6.33 Å². The molecule has 7 aromatic carbocycles. The van der Waals surface area contributed by atoms with Gasteiger partial charge in [0, 0.05) is 22.7 Å². The highest BCUT2D eigenvalue weighted by molar-refractivity contribution is 6.11. The van der Waals surface area contributed by atoms with Crippen molar-refractivity contribution in [2.75, 3.05) is 4.90 Å². The second kappa shape index (κ2) is 13.8. The van der Waals surface area contributed by atoms with Crippen LogP contribution in [0.5, 0.6) is 5.75 Å². The number of nitrogens with zero attached hydrogens (tertiary/aromatic N) is 5. The molecule has 0 spiro atoms. The van der Waals surface area contributed by atoms with Crippen molar-refractivity contribution < 1.29 is 23.0 Å². The van der Waals surface area contributed by atoms with E-state index < -0.39 is 66.1 Å². The van der Waals surface area contributed by atoms with Crippen LogP contribution in [0.3, 0.4) is 0 Å². The van der Waals surface area contributed by atoms with E-state index in [0.29, 0.717) is 22.5 Å². The fraction of sp³-hybridized carbons (Fsp3) is 0.127.